The summed E-state index contributed by atoms with van der Waals surface area (Å²) in [5.74, 6) is 0.371. The summed E-state index contributed by atoms with van der Waals surface area (Å²) in [7, 11) is -4.43. The van der Waals surface area contributed by atoms with Crippen molar-refractivity contribution in [1.82, 2.24) is 0 Å². The summed E-state index contributed by atoms with van der Waals surface area (Å²) in [6.45, 7) is 5.73. The first-order valence-corrected chi connectivity index (χ1v) is 6.61. The first-order valence-electron chi connectivity index (χ1n) is 5.08. The van der Waals surface area contributed by atoms with Crippen LogP contribution < -0.4 is 0 Å². The lowest BCUT2D eigenvalue weighted by Crippen LogP contribution is -1.93. The first-order chi connectivity index (χ1) is 6.94. The van der Waals surface area contributed by atoms with Gasteiger partial charge in [0, 0.05) is 6.42 Å². The van der Waals surface area contributed by atoms with Gasteiger partial charge >= 0.3 is 7.82 Å². The molecule has 0 saturated heterocycles. The van der Waals surface area contributed by atoms with E-state index in [1.807, 2.05) is 26.0 Å². The van der Waals surface area contributed by atoms with Crippen molar-refractivity contribution in [2.45, 2.75) is 40.0 Å². The molecule has 0 aliphatic carbocycles. The van der Waals surface area contributed by atoms with Crippen LogP contribution in [0.25, 0.3) is 0 Å². The summed E-state index contributed by atoms with van der Waals surface area (Å²) in [6.07, 6.45) is 5.85. The molecule has 0 rings (SSSR count). The maximum Gasteiger partial charge on any atom is 0.524 e. The van der Waals surface area contributed by atoms with Crippen molar-refractivity contribution in [3.63, 3.8) is 0 Å². The molecule has 0 bridgehead atoms. The Balaban J connectivity index is 4.90. The lowest BCUT2D eigenvalue weighted by atomic mass is 10.1. The molecule has 88 valence electrons. The third kappa shape index (κ3) is 6.50. The van der Waals surface area contributed by atoms with Gasteiger partial charge in [0.05, 0.1) is 0 Å². The lowest BCUT2D eigenvalue weighted by Gasteiger charge is -2.12. The summed E-state index contributed by atoms with van der Waals surface area (Å²) in [6, 6.07) is 0. The van der Waals surface area contributed by atoms with Crippen molar-refractivity contribution < 1.29 is 18.9 Å². The Morgan fingerprint density at radius 3 is 2.20 bits per heavy atom. The number of hydrogen-bond acceptors (Lipinski definition) is 2. The van der Waals surface area contributed by atoms with Crippen LogP contribution in [0.4, 0.5) is 0 Å². The molecule has 15 heavy (non-hydrogen) atoms. The van der Waals surface area contributed by atoms with Gasteiger partial charge in [-0.1, -0.05) is 32.9 Å². The fourth-order valence-corrected chi connectivity index (χ4v) is 1.70. The molecule has 5 heteroatoms. The zero-order chi connectivity index (χ0) is 11.9. The highest BCUT2D eigenvalue weighted by atomic mass is 31.2. The summed E-state index contributed by atoms with van der Waals surface area (Å²) in [5.41, 5.74) is 0.836. The molecule has 4 nitrogen and oxygen atoms in total. The van der Waals surface area contributed by atoms with E-state index in [0.29, 0.717) is 18.6 Å². The van der Waals surface area contributed by atoms with Gasteiger partial charge in [0.1, 0.15) is 5.76 Å². The number of phosphoric ester groups is 1. The summed E-state index contributed by atoms with van der Waals surface area (Å²) in [4.78, 5) is 17.4. The van der Waals surface area contributed by atoms with E-state index < -0.39 is 7.82 Å². The van der Waals surface area contributed by atoms with Crippen LogP contribution in [0.15, 0.2) is 23.5 Å². The van der Waals surface area contributed by atoms with E-state index in [4.69, 9.17) is 9.79 Å². The van der Waals surface area contributed by atoms with Crippen LogP contribution in [-0.4, -0.2) is 9.79 Å². The van der Waals surface area contributed by atoms with Crippen LogP contribution in [0.3, 0.4) is 0 Å². The van der Waals surface area contributed by atoms with E-state index in [-0.39, 0.29) is 0 Å². The zero-order valence-electron chi connectivity index (χ0n) is 9.43. The van der Waals surface area contributed by atoms with Gasteiger partial charge < -0.3 is 4.52 Å². The third-order valence-electron chi connectivity index (χ3n) is 1.84. The van der Waals surface area contributed by atoms with E-state index in [2.05, 4.69) is 4.52 Å². The smallest absolute Gasteiger partial charge is 0.409 e. The van der Waals surface area contributed by atoms with Crippen LogP contribution >= 0.6 is 7.82 Å². The van der Waals surface area contributed by atoms with Gasteiger partial charge in [0.25, 0.3) is 0 Å². The fourth-order valence-electron chi connectivity index (χ4n) is 1.16. The van der Waals surface area contributed by atoms with Crippen LogP contribution in [0.1, 0.15) is 40.0 Å². The third-order valence-corrected chi connectivity index (χ3v) is 2.30. The van der Waals surface area contributed by atoms with E-state index in [0.717, 1.165) is 12.0 Å². The Bertz CT molecular complexity index is 288. The molecule has 2 N–H and O–H groups in total. The Labute approximate surface area is 90.9 Å². The Morgan fingerprint density at radius 1 is 1.27 bits per heavy atom. The topological polar surface area (TPSA) is 66.8 Å². The predicted molar refractivity (Wildman–Crippen MR) is 60.2 cm³/mol. The molecule has 0 radical (unpaired) electrons. The SMILES string of the molecule is CC/C=C\C(CC)=C(\CC)OP(=O)(O)O. The first kappa shape index (κ1) is 14.4. The number of hydrogen-bond donors (Lipinski definition) is 2. The maximum absolute atomic E-state index is 10.7. The van der Waals surface area contributed by atoms with Crippen molar-refractivity contribution in [2.75, 3.05) is 0 Å². The number of rotatable bonds is 6. The quantitative estimate of drug-likeness (QED) is 0.421. The molecule has 0 aromatic rings. The molecule has 0 spiro atoms. The molecular weight excluding hydrogens is 215 g/mol. The molecule has 0 amide bonds. The molecule has 0 atom stereocenters. The minimum atomic E-state index is -4.43. The normalized spacial score (nSPS) is 14.2. The summed E-state index contributed by atoms with van der Waals surface area (Å²) >= 11 is 0. The molecule has 0 heterocycles. The second-order valence-electron chi connectivity index (χ2n) is 3.05. The van der Waals surface area contributed by atoms with Gasteiger partial charge in [0.15, 0.2) is 0 Å². The average molecular weight is 234 g/mol. The van der Waals surface area contributed by atoms with Gasteiger partial charge in [-0.25, -0.2) is 4.57 Å². The molecule has 0 unspecified atom stereocenters. The molecule has 0 aliphatic rings. The van der Waals surface area contributed by atoms with Crippen molar-refractivity contribution in [1.29, 1.82) is 0 Å². The van der Waals surface area contributed by atoms with Gasteiger partial charge in [0.2, 0.25) is 0 Å². The van der Waals surface area contributed by atoms with Crippen molar-refractivity contribution in [2.24, 2.45) is 0 Å². The number of phosphoric acid groups is 1. The highest BCUT2D eigenvalue weighted by Gasteiger charge is 2.18. The van der Waals surface area contributed by atoms with E-state index in [1.165, 1.54) is 0 Å². The molecule has 0 aliphatic heterocycles. The minimum Gasteiger partial charge on any atom is -0.409 e. The highest BCUT2D eigenvalue weighted by Crippen LogP contribution is 2.40. The average Bonchev–Trinajstić information content (AvgIpc) is 2.15. The van der Waals surface area contributed by atoms with Crippen molar-refractivity contribution in [3.05, 3.63) is 23.5 Å². The monoisotopic (exact) mass is 234 g/mol. The maximum atomic E-state index is 10.7. The second kappa shape index (κ2) is 6.83. The highest BCUT2D eigenvalue weighted by molar-refractivity contribution is 7.46. The summed E-state index contributed by atoms with van der Waals surface area (Å²) in [5, 5.41) is 0. The van der Waals surface area contributed by atoms with Gasteiger partial charge in [-0.3, -0.25) is 9.79 Å². The molecular formula is C10H19O4P. The molecule has 0 saturated carbocycles. The van der Waals surface area contributed by atoms with Crippen LogP contribution in [0, 0.1) is 0 Å². The zero-order valence-corrected chi connectivity index (χ0v) is 10.3. The Morgan fingerprint density at radius 2 is 1.87 bits per heavy atom. The van der Waals surface area contributed by atoms with Crippen LogP contribution in [0.5, 0.6) is 0 Å². The fraction of sp³-hybridized carbons (Fsp3) is 0.600. The number of allylic oxidation sites excluding steroid dienone is 4. The summed E-state index contributed by atoms with van der Waals surface area (Å²) < 4.78 is 15.3. The Hall–Kier alpha value is -0.570. The van der Waals surface area contributed by atoms with E-state index in [9.17, 15) is 4.57 Å². The van der Waals surface area contributed by atoms with Gasteiger partial charge in [-0.15, -0.1) is 0 Å². The van der Waals surface area contributed by atoms with E-state index in [1.54, 1.807) is 6.92 Å². The van der Waals surface area contributed by atoms with Crippen molar-refractivity contribution >= 4 is 7.82 Å². The predicted octanol–water partition coefficient (Wildman–Crippen LogP) is 3.14. The molecule has 0 aromatic heterocycles. The largest absolute Gasteiger partial charge is 0.524 e. The van der Waals surface area contributed by atoms with Gasteiger partial charge in [-0.05, 0) is 18.4 Å². The van der Waals surface area contributed by atoms with Crippen molar-refractivity contribution in [3.8, 4) is 0 Å². The second-order valence-corrected chi connectivity index (χ2v) is 4.21. The van der Waals surface area contributed by atoms with Gasteiger partial charge in [-0.2, -0.15) is 0 Å². The lowest BCUT2D eigenvalue weighted by molar-refractivity contribution is 0.236. The van der Waals surface area contributed by atoms with Crippen LogP contribution in [0.2, 0.25) is 0 Å². The van der Waals surface area contributed by atoms with E-state index >= 15 is 0 Å². The standard InChI is InChI=1S/C10H19O4P/c1-4-7-8-9(5-2)10(6-3)14-15(11,12)13/h7-8H,4-6H2,1-3H3,(H2,11,12,13)/b8-7-,10-9-. The minimum absolute atomic E-state index is 0.371. The molecule has 0 aromatic carbocycles. The Kier molecular flexibility index (Phi) is 6.57. The molecule has 0 fully saturated rings. The van der Waals surface area contributed by atoms with Crippen LogP contribution in [-0.2, 0) is 9.09 Å².